The lowest BCUT2D eigenvalue weighted by atomic mass is 10.1. The summed E-state index contributed by atoms with van der Waals surface area (Å²) in [5.74, 6) is -0.743. The van der Waals surface area contributed by atoms with Crippen molar-refractivity contribution >= 4 is 29.0 Å². The van der Waals surface area contributed by atoms with E-state index in [0.29, 0.717) is 37.9 Å². The number of aliphatic hydroxyl groups is 2. The van der Waals surface area contributed by atoms with Crippen molar-refractivity contribution in [1.82, 2.24) is 19.8 Å². The van der Waals surface area contributed by atoms with Crippen molar-refractivity contribution in [2.24, 2.45) is 0 Å². The van der Waals surface area contributed by atoms with E-state index in [2.05, 4.69) is 25.9 Å². The summed E-state index contributed by atoms with van der Waals surface area (Å²) in [5.41, 5.74) is -0.480. The number of piperidine rings is 1. The number of nitrogens with zero attached hydrogens (tertiary/aromatic N) is 4. The molecule has 1 saturated heterocycles. The fourth-order valence-corrected chi connectivity index (χ4v) is 3.81. The number of nitrogens with one attached hydrogen (secondary N) is 3. The molecular weight excluding hydrogens is 479 g/mol. The van der Waals surface area contributed by atoms with Crippen LogP contribution in [0.2, 0.25) is 0 Å². The van der Waals surface area contributed by atoms with Crippen molar-refractivity contribution in [1.29, 1.82) is 0 Å². The molecule has 0 radical (unpaired) electrons. The summed E-state index contributed by atoms with van der Waals surface area (Å²) in [7, 11) is 3.67. The summed E-state index contributed by atoms with van der Waals surface area (Å²) < 4.78 is 41.2. The number of anilines is 4. The van der Waals surface area contributed by atoms with Crippen LogP contribution >= 0.6 is 0 Å². The topological polar surface area (TPSA) is 126 Å². The summed E-state index contributed by atoms with van der Waals surface area (Å²) in [6.07, 6.45) is -3.37. The molecule has 1 aromatic carbocycles. The number of hydrogen-bond acceptors (Lipinski definition) is 9. The Balaban J connectivity index is 1.81. The summed E-state index contributed by atoms with van der Waals surface area (Å²) in [4.78, 5) is 23.8. The monoisotopic (exact) mass is 511 g/mol. The Morgan fingerprint density at radius 3 is 2.67 bits per heavy atom. The van der Waals surface area contributed by atoms with Crippen molar-refractivity contribution in [3.63, 3.8) is 0 Å². The van der Waals surface area contributed by atoms with Crippen LogP contribution < -0.4 is 16.0 Å². The predicted octanol–water partition coefficient (Wildman–Crippen LogP) is 2.32. The number of likely N-dealkylation sites (tertiary alicyclic amines) is 1. The maximum absolute atomic E-state index is 13.7. The molecule has 0 saturated carbocycles. The molecule has 1 fully saturated rings. The molecule has 2 atom stereocenters. The Morgan fingerprint density at radius 1 is 1.28 bits per heavy atom. The lowest BCUT2D eigenvalue weighted by Crippen LogP contribution is -2.48. The predicted molar refractivity (Wildman–Crippen MR) is 130 cm³/mol. The van der Waals surface area contributed by atoms with E-state index in [-0.39, 0.29) is 30.0 Å². The highest BCUT2D eigenvalue weighted by Gasteiger charge is 2.36. The summed E-state index contributed by atoms with van der Waals surface area (Å²) in [5, 5.41) is 27.6. The fraction of sp³-hybridized carbons (Fsp3) is 0.522. The number of carbonyl (C=O) groups excluding carboxylic acids is 1. The second kappa shape index (κ2) is 12.3. The number of halogens is 3. The van der Waals surface area contributed by atoms with E-state index in [1.165, 1.54) is 0 Å². The van der Waals surface area contributed by atoms with Crippen LogP contribution in [0.25, 0.3) is 0 Å². The van der Waals surface area contributed by atoms with Gasteiger partial charge in [-0.2, -0.15) is 18.2 Å². The average molecular weight is 512 g/mol. The van der Waals surface area contributed by atoms with Gasteiger partial charge in [-0.1, -0.05) is 12.1 Å². The van der Waals surface area contributed by atoms with Crippen LogP contribution in [0, 0.1) is 0 Å². The van der Waals surface area contributed by atoms with Gasteiger partial charge in [0.2, 0.25) is 11.9 Å². The number of aromatic nitrogens is 2. The lowest BCUT2D eigenvalue weighted by Gasteiger charge is -2.35. The second-order valence-electron chi connectivity index (χ2n) is 8.87. The number of benzene rings is 1. The van der Waals surface area contributed by atoms with Crippen molar-refractivity contribution in [2.45, 2.75) is 37.7 Å². The molecule has 0 bridgehead atoms. The van der Waals surface area contributed by atoms with Crippen molar-refractivity contribution < 1.29 is 28.2 Å². The zero-order chi connectivity index (χ0) is 26.3. The molecule has 0 aliphatic carbocycles. The van der Waals surface area contributed by atoms with Gasteiger partial charge in [0, 0.05) is 38.3 Å². The molecule has 3 rings (SSSR count). The van der Waals surface area contributed by atoms with Gasteiger partial charge < -0.3 is 31.1 Å². The molecule has 1 aliphatic heterocycles. The molecule has 36 heavy (non-hydrogen) atoms. The maximum atomic E-state index is 13.7. The van der Waals surface area contributed by atoms with E-state index >= 15 is 0 Å². The van der Waals surface area contributed by atoms with E-state index in [1.54, 1.807) is 29.2 Å². The van der Waals surface area contributed by atoms with Crippen LogP contribution in [0.1, 0.15) is 24.8 Å². The summed E-state index contributed by atoms with van der Waals surface area (Å²) in [6.45, 7) is 1.07. The Hall–Kier alpha value is -3.00. The molecule has 198 valence electrons. The minimum Gasteiger partial charge on any atom is -0.392 e. The van der Waals surface area contributed by atoms with Crippen molar-refractivity contribution in [3.8, 4) is 0 Å². The molecule has 2 aromatic rings. The van der Waals surface area contributed by atoms with E-state index < -0.39 is 30.4 Å². The normalized spacial score (nSPS) is 17.6. The molecular formula is C23H32F3N7O3. The molecule has 13 heteroatoms. The molecule has 5 N–H and O–H groups in total. The number of para-hydroxylation sites is 2. The smallest absolute Gasteiger partial charge is 0.392 e. The van der Waals surface area contributed by atoms with E-state index in [1.807, 2.05) is 19.0 Å². The van der Waals surface area contributed by atoms with Crippen LogP contribution in [0.4, 0.5) is 36.3 Å². The van der Waals surface area contributed by atoms with Gasteiger partial charge in [-0.05, 0) is 39.1 Å². The SMILES string of the molecule is CN(C)CCC(=O)Nc1ccccc1Nc1nc(N[C@H]2CCCN(C(O)CO)C2)ncc1C(F)(F)F. The average Bonchev–Trinajstić information content (AvgIpc) is 2.83. The van der Waals surface area contributed by atoms with E-state index in [4.69, 9.17) is 0 Å². The molecule has 1 aromatic heterocycles. The Labute approximate surface area is 207 Å². The first-order valence-corrected chi connectivity index (χ1v) is 11.6. The van der Waals surface area contributed by atoms with Gasteiger partial charge in [0.05, 0.1) is 18.0 Å². The fourth-order valence-electron chi connectivity index (χ4n) is 3.81. The third-order valence-electron chi connectivity index (χ3n) is 5.71. The lowest BCUT2D eigenvalue weighted by molar-refractivity contribution is -0.137. The number of aliphatic hydroxyl groups excluding tert-OH is 2. The van der Waals surface area contributed by atoms with Crippen molar-refractivity contribution in [3.05, 3.63) is 36.0 Å². The number of hydrogen-bond donors (Lipinski definition) is 5. The third kappa shape index (κ3) is 7.75. The molecule has 1 unspecified atom stereocenters. The van der Waals surface area contributed by atoms with Gasteiger partial charge in [-0.3, -0.25) is 9.69 Å². The number of amides is 1. The van der Waals surface area contributed by atoms with E-state index in [0.717, 1.165) is 6.42 Å². The zero-order valence-corrected chi connectivity index (χ0v) is 20.2. The van der Waals surface area contributed by atoms with Gasteiger partial charge in [-0.25, -0.2) is 4.98 Å². The quantitative estimate of drug-likeness (QED) is 0.327. The third-order valence-corrected chi connectivity index (χ3v) is 5.71. The molecule has 2 heterocycles. The highest BCUT2D eigenvalue weighted by atomic mass is 19.4. The number of rotatable bonds is 10. The first kappa shape index (κ1) is 27.6. The molecule has 1 aliphatic rings. The zero-order valence-electron chi connectivity index (χ0n) is 20.2. The van der Waals surface area contributed by atoms with Gasteiger partial charge >= 0.3 is 6.18 Å². The standard InChI is InChI=1S/C23H32F3N7O3/c1-32(2)11-9-19(35)29-17-7-3-4-8-18(17)30-21-16(23(24,25)26)12-27-22(31-21)28-15-6-5-10-33(13-15)20(36)14-34/h3-4,7-8,12,15,20,34,36H,5-6,9-11,13-14H2,1-2H3,(H,29,35)(H2,27,28,30,31)/t15-,20?/m0/s1. The highest BCUT2D eigenvalue weighted by Crippen LogP contribution is 2.36. The molecule has 10 nitrogen and oxygen atoms in total. The number of alkyl halides is 3. The van der Waals surface area contributed by atoms with Crippen LogP contribution in [0.15, 0.2) is 30.5 Å². The van der Waals surface area contributed by atoms with Crippen LogP contribution in [0.5, 0.6) is 0 Å². The van der Waals surface area contributed by atoms with Gasteiger partial charge in [0.25, 0.3) is 0 Å². The highest BCUT2D eigenvalue weighted by molar-refractivity contribution is 5.94. The first-order chi connectivity index (χ1) is 17.1. The van der Waals surface area contributed by atoms with Crippen LogP contribution in [-0.2, 0) is 11.0 Å². The minimum absolute atomic E-state index is 0.0108. The van der Waals surface area contributed by atoms with E-state index in [9.17, 15) is 28.2 Å². The van der Waals surface area contributed by atoms with Crippen molar-refractivity contribution in [2.75, 3.05) is 56.3 Å². The Kier molecular flexibility index (Phi) is 9.43. The Morgan fingerprint density at radius 2 is 2.00 bits per heavy atom. The first-order valence-electron chi connectivity index (χ1n) is 11.6. The summed E-state index contributed by atoms with van der Waals surface area (Å²) in [6, 6.07) is 6.21. The van der Waals surface area contributed by atoms with Gasteiger partial charge in [-0.15, -0.1) is 0 Å². The van der Waals surface area contributed by atoms with Crippen LogP contribution in [0.3, 0.4) is 0 Å². The van der Waals surface area contributed by atoms with Gasteiger partial charge in [0.1, 0.15) is 17.6 Å². The van der Waals surface area contributed by atoms with Crippen LogP contribution in [-0.4, -0.2) is 88.5 Å². The second-order valence-corrected chi connectivity index (χ2v) is 8.87. The molecule has 0 spiro atoms. The summed E-state index contributed by atoms with van der Waals surface area (Å²) >= 11 is 0. The maximum Gasteiger partial charge on any atom is 0.421 e. The van der Waals surface area contributed by atoms with Gasteiger partial charge in [0.15, 0.2) is 0 Å². The Bertz CT molecular complexity index is 1020. The largest absolute Gasteiger partial charge is 0.421 e. The number of carbonyl (C=O) groups is 1. The molecule has 1 amide bonds. The minimum atomic E-state index is -4.71.